The smallest absolute Gasteiger partial charge is 0.188 e. The molecule has 96 valence electrons. The molecule has 2 rings (SSSR count). The number of hydrogen-bond donors (Lipinski definition) is 0. The van der Waals surface area contributed by atoms with E-state index in [1.807, 2.05) is 18.6 Å². The van der Waals surface area contributed by atoms with Crippen LogP contribution in [0.15, 0.2) is 34.8 Å². The zero-order chi connectivity index (χ0) is 13.4. The largest absolute Gasteiger partial charge is 0.231 e. The van der Waals surface area contributed by atoms with Gasteiger partial charge in [0.25, 0.3) is 0 Å². The Labute approximate surface area is 133 Å². The molecule has 18 heavy (non-hydrogen) atoms. The lowest BCUT2D eigenvalue weighted by Crippen LogP contribution is -1.85. The van der Waals surface area contributed by atoms with E-state index in [0.29, 0.717) is 10.3 Å². The lowest BCUT2D eigenvalue weighted by molar-refractivity contribution is 0.949. The highest BCUT2D eigenvalue weighted by molar-refractivity contribution is 14.1. The van der Waals surface area contributed by atoms with E-state index >= 15 is 0 Å². The molecule has 0 unspecified atom stereocenters. The fraction of sp³-hybridized carbons (Fsp3) is 0.200. The predicted molar refractivity (Wildman–Crippen MR) is 85.4 cm³/mol. The van der Waals surface area contributed by atoms with Crippen molar-refractivity contribution in [1.29, 1.82) is 0 Å². The van der Waals surface area contributed by atoms with Gasteiger partial charge in [-0.2, -0.15) is 0 Å². The van der Waals surface area contributed by atoms with Crippen LogP contribution in [0.1, 0.15) is 0 Å². The third-order valence-electron chi connectivity index (χ3n) is 1.56. The van der Waals surface area contributed by atoms with Crippen molar-refractivity contribution in [3.05, 3.63) is 33.4 Å². The first-order valence-electron chi connectivity index (χ1n) is 4.70. The minimum atomic E-state index is 0.495. The third kappa shape index (κ3) is 6.17. The highest BCUT2D eigenvalue weighted by Gasteiger charge is 1.92. The number of rotatable bonds is 2. The standard InChI is InChI=1S/C5H5ClN2S.C5H5IN2S/c2*1-9-5-7-3-2-4(6)8-5/h2*2-3H,1H3. The molecule has 0 aliphatic rings. The van der Waals surface area contributed by atoms with Crippen LogP contribution in [0.3, 0.4) is 0 Å². The van der Waals surface area contributed by atoms with Crippen molar-refractivity contribution < 1.29 is 0 Å². The van der Waals surface area contributed by atoms with E-state index in [1.165, 1.54) is 11.8 Å². The molecule has 0 aliphatic heterocycles. The molecule has 0 N–H and O–H groups in total. The SMILES string of the molecule is CSc1nccc(Cl)n1.CSc1nccc(I)n1. The second-order valence-corrected chi connectivity index (χ2v) is 5.77. The molecule has 0 aliphatic carbocycles. The van der Waals surface area contributed by atoms with Gasteiger partial charge in [-0.1, -0.05) is 35.1 Å². The molecule has 4 nitrogen and oxygen atoms in total. The van der Waals surface area contributed by atoms with Gasteiger partial charge in [0.1, 0.15) is 8.85 Å². The van der Waals surface area contributed by atoms with E-state index in [-0.39, 0.29) is 0 Å². The van der Waals surface area contributed by atoms with Crippen LogP contribution in [0.25, 0.3) is 0 Å². The van der Waals surface area contributed by atoms with Gasteiger partial charge in [-0.05, 0) is 47.2 Å². The topological polar surface area (TPSA) is 51.6 Å². The lowest BCUT2D eigenvalue weighted by Gasteiger charge is -1.91. The van der Waals surface area contributed by atoms with Gasteiger partial charge in [-0.15, -0.1) is 0 Å². The molecule has 0 amide bonds. The summed E-state index contributed by atoms with van der Waals surface area (Å²) in [5.41, 5.74) is 0. The highest BCUT2D eigenvalue weighted by atomic mass is 127. The highest BCUT2D eigenvalue weighted by Crippen LogP contribution is 2.10. The van der Waals surface area contributed by atoms with E-state index in [4.69, 9.17) is 11.6 Å². The van der Waals surface area contributed by atoms with Gasteiger partial charge < -0.3 is 0 Å². The molecular formula is C10H10ClIN4S2. The summed E-state index contributed by atoms with van der Waals surface area (Å²) >= 11 is 10.8. The van der Waals surface area contributed by atoms with Crippen LogP contribution in [0.4, 0.5) is 0 Å². The van der Waals surface area contributed by atoms with Crippen LogP contribution in [0.5, 0.6) is 0 Å². The van der Waals surface area contributed by atoms with E-state index in [0.717, 1.165) is 8.86 Å². The molecule has 0 radical (unpaired) electrons. The van der Waals surface area contributed by atoms with Crippen LogP contribution in [-0.2, 0) is 0 Å². The average molecular weight is 413 g/mol. The molecule has 0 spiro atoms. The normalized spacial score (nSPS) is 9.56. The fourth-order valence-electron chi connectivity index (χ4n) is 0.837. The van der Waals surface area contributed by atoms with Crippen molar-refractivity contribution in [3.63, 3.8) is 0 Å². The first kappa shape index (κ1) is 15.9. The average Bonchev–Trinajstić information content (AvgIpc) is 2.39. The summed E-state index contributed by atoms with van der Waals surface area (Å²) in [6.07, 6.45) is 7.28. The molecule has 2 aromatic heterocycles. The molecule has 0 fully saturated rings. The zero-order valence-corrected chi connectivity index (χ0v) is 14.2. The van der Waals surface area contributed by atoms with Gasteiger partial charge in [0, 0.05) is 12.4 Å². The minimum Gasteiger partial charge on any atom is -0.231 e. The summed E-state index contributed by atoms with van der Waals surface area (Å²) in [4.78, 5) is 16.0. The zero-order valence-electron chi connectivity index (χ0n) is 9.67. The molecule has 0 aromatic carbocycles. The quantitative estimate of drug-likeness (QED) is 0.325. The minimum absolute atomic E-state index is 0.495. The summed E-state index contributed by atoms with van der Waals surface area (Å²) in [7, 11) is 0. The van der Waals surface area contributed by atoms with Crippen molar-refractivity contribution >= 4 is 57.7 Å². The first-order valence-corrected chi connectivity index (χ1v) is 8.61. The summed E-state index contributed by atoms with van der Waals surface area (Å²) in [5, 5.41) is 2.04. The molecular weight excluding hydrogens is 403 g/mol. The van der Waals surface area contributed by atoms with Gasteiger partial charge in [-0.25, -0.2) is 19.9 Å². The Bertz CT molecular complexity index is 455. The molecule has 0 atom stereocenters. The van der Waals surface area contributed by atoms with Crippen LogP contribution < -0.4 is 0 Å². The summed E-state index contributed by atoms with van der Waals surface area (Å²) in [6, 6.07) is 3.53. The van der Waals surface area contributed by atoms with Crippen LogP contribution in [0.2, 0.25) is 5.15 Å². The molecule has 2 aromatic rings. The van der Waals surface area contributed by atoms with E-state index < -0.39 is 0 Å². The molecule has 0 saturated carbocycles. The Kier molecular flexibility index (Phi) is 7.87. The van der Waals surface area contributed by atoms with Crippen LogP contribution in [-0.4, -0.2) is 32.4 Å². The van der Waals surface area contributed by atoms with Gasteiger partial charge in [0.15, 0.2) is 10.3 Å². The number of nitrogens with zero attached hydrogens (tertiary/aromatic N) is 4. The monoisotopic (exact) mass is 412 g/mol. The number of thioether (sulfide) groups is 2. The van der Waals surface area contributed by atoms with Gasteiger partial charge in [-0.3, -0.25) is 0 Å². The van der Waals surface area contributed by atoms with Crippen molar-refractivity contribution in [3.8, 4) is 0 Å². The van der Waals surface area contributed by atoms with E-state index in [1.54, 1.807) is 30.2 Å². The Morgan fingerprint density at radius 2 is 1.56 bits per heavy atom. The maximum Gasteiger partial charge on any atom is 0.188 e. The van der Waals surface area contributed by atoms with E-state index in [2.05, 4.69) is 42.5 Å². The van der Waals surface area contributed by atoms with E-state index in [9.17, 15) is 0 Å². The third-order valence-corrected chi connectivity index (χ3v) is 3.50. The lowest BCUT2D eigenvalue weighted by atomic mass is 10.7. The number of aromatic nitrogens is 4. The summed E-state index contributed by atoms with van der Waals surface area (Å²) in [6.45, 7) is 0. The van der Waals surface area contributed by atoms with Crippen molar-refractivity contribution in [1.82, 2.24) is 19.9 Å². The van der Waals surface area contributed by atoms with Gasteiger partial charge >= 0.3 is 0 Å². The Balaban J connectivity index is 0.000000180. The molecule has 0 saturated heterocycles. The first-order chi connectivity index (χ1) is 8.65. The molecule has 8 heteroatoms. The number of halogens is 2. The van der Waals surface area contributed by atoms with Crippen molar-refractivity contribution in [2.24, 2.45) is 0 Å². The summed E-state index contributed by atoms with van der Waals surface area (Å²) in [5.74, 6) is 0. The van der Waals surface area contributed by atoms with Gasteiger partial charge in [0.2, 0.25) is 0 Å². The Hall–Kier alpha value is -0.120. The summed E-state index contributed by atoms with van der Waals surface area (Å²) < 4.78 is 0.993. The van der Waals surface area contributed by atoms with Crippen molar-refractivity contribution in [2.75, 3.05) is 12.5 Å². The van der Waals surface area contributed by atoms with Crippen LogP contribution >= 0.6 is 57.7 Å². The predicted octanol–water partition coefficient (Wildman–Crippen LogP) is 3.66. The molecule has 0 bridgehead atoms. The maximum absolute atomic E-state index is 5.56. The molecule has 2 heterocycles. The second kappa shape index (κ2) is 8.89. The van der Waals surface area contributed by atoms with Crippen molar-refractivity contribution in [2.45, 2.75) is 10.3 Å². The second-order valence-electron chi connectivity index (χ2n) is 2.73. The fourth-order valence-corrected chi connectivity index (χ4v) is 2.29. The Morgan fingerprint density at radius 3 is 1.94 bits per heavy atom. The Morgan fingerprint density at radius 1 is 1.00 bits per heavy atom. The number of hydrogen-bond acceptors (Lipinski definition) is 6. The van der Waals surface area contributed by atoms with Crippen LogP contribution in [0, 0.1) is 3.70 Å². The van der Waals surface area contributed by atoms with Gasteiger partial charge in [0.05, 0.1) is 0 Å². The maximum atomic E-state index is 5.56.